The number of thiocarbonyl (C=S) groups is 1. The second-order valence-corrected chi connectivity index (χ2v) is 13.3. The minimum atomic E-state index is -0.733. The molecule has 3 aromatic rings. The molecule has 0 aliphatic carbocycles. The molecule has 1 fully saturated rings. The number of amides is 1. The summed E-state index contributed by atoms with van der Waals surface area (Å²) in [5.41, 5.74) is 3.23. The van der Waals surface area contributed by atoms with E-state index in [1.165, 1.54) is 16.2 Å². The molecule has 0 radical (unpaired) electrons. The summed E-state index contributed by atoms with van der Waals surface area (Å²) in [7, 11) is 0. The highest BCUT2D eigenvalue weighted by atomic mass is 32.2. The zero-order chi connectivity index (χ0) is 31.8. The van der Waals surface area contributed by atoms with Gasteiger partial charge in [-0.3, -0.25) is 23.7 Å². The number of carboxylic acids is 1. The van der Waals surface area contributed by atoms with E-state index < -0.39 is 5.97 Å². The largest absolute Gasteiger partial charge is 0.481 e. The monoisotopic (exact) mass is 635 g/mol. The Labute approximate surface area is 268 Å². The Morgan fingerprint density at radius 1 is 1.05 bits per heavy atom. The van der Waals surface area contributed by atoms with Gasteiger partial charge in [0.1, 0.15) is 21.3 Å². The van der Waals surface area contributed by atoms with Gasteiger partial charge in [0.25, 0.3) is 11.5 Å². The molecule has 1 aliphatic rings. The van der Waals surface area contributed by atoms with Crippen molar-refractivity contribution in [3.63, 3.8) is 0 Å². The number of thioether (sulfide) groups is 1. The van der Waals surface area contributed by atoms with Gasteiger partial charge in [0.15, 0.2) is 0 Å². The summed E-state index contributed by atoms with van der Waals surface area (Å²) in [6.07, 6.45) is 11.3. The standard InChI is InChI=1S/C34H41N3O5S2/c1-22(2)25-17-16-23(3)20-27(25)42-31-26(32(40)36-19-13-14-24(4)30(36)35-31)21-28-33(41)37(34(43)44-28)18-12-10-8-6-5-7-9-11-15-29(38)39/h13-14,16-17,19-22H,5-12,15,18H2,1-4H3,(H,38,39)/b28-21+. The molecule has 44 heavy (non-hydrogen) atoms. The fourth-order valence-electron chi connectivity index (χ4n) is 5.24. The number of rotatable bonds is 15. The maximum Gasteiger partial charge on any atom is 0.303 e. The molecule has 2 aromatic heterocycles. The van der Waals surface area contributed by atoms with Crippen LogP contribution in [0.15, 0.2) is 46.2 Å². The van der Waals surface area contributed by atoms with Crippen molar-refractivity contribution in [2.24, 2.45) is 0 Å². The zero-order valence-electron chi connectivity index (χ0n) is 25.9. The van der Waals surface area contributed by atoms with Gasteiger partial charge >= 0.3 is 5.97 Å². The first-order valence-corrected chi connectivity index (χ1v) is 16.6. The number of fused-ring (bicyclic) bond motifs is 1. The predicted molar refractivity (Wildman–Crippen MR) is 181 cm³/mol. The average Bonchev–Trinajstić information content (AvgIpc) is 3.23. The SMILES string of the molecule is Cc1ccc(C(C)C)c(Oc2nc3c(C)cccn3c(=O)c2/C=C2/SC(=S)N(CCCCCCCCCCC(=O)O)C2=O)c1. The van der Waals surface area contributed by atoms with Gasteiger partial charge in [-0.25, -0.2) is 0 Å². The summed E-state index contributed by atoms with van der Waals surface area (Å²) in [5.74, 6) is 0.0365. The van der Waals surface area contributed by atoms with Crippen LogP contribution in [0, 0.1) is 13.8 Å². The quantitative estimate of drug-likeness (QED) is 0.102. The molecular weight excluding hydrogens is 595 g/mol. The second kappa shape index (κ2) is 15.5. The van der Waals surface area contributed by atoms with Crippen LogP contribution in [0.5, 0.6) is 11.6 Å². The molecule has 10 heteroatoms. The average molecular weight is 636 g/mol. The van der Waals surface area contributed by atoms with E-state index >= 15 is 0 Å². The van der Waals surface area contributed by atoms with Gasteiger partial charge in [0.2, 0.25) is 5.88 Å². The summed E-state index contributed by atoms with van der Waals surface area (Å²) >= 11 is 6.77. The number of unbranched alkanes of at least 4 members (excludes halogenated alkanes) is 7. The van der Waals surface area contributed by atoms with Crippen LogP contribution in [-0.2, 0) is 9.59 Å². The highest BCUT2D eigenvalue weighted by Crippen LogP contribution is 2.36. The van der Waals surface area contributed by atoms with Crippen molar-refractivity contribution in [2.45, 2.75) is 91.4 Å². The lowest BCUT2D eigenvalue weighted by atomic mass is 10.0. The van der Waals surface area contributed by atoms with Crippen molar-refractivity contribution in [1.82, 2.24) is 14.3 Å². The van der Waals surface area contributed by atoms with Crippen LogP contribution in [0.1, 0.15) is 99.8 Å². The number of aromatic nitrogens is 2. The van der Waals surface area contributed by atoms with E-state index in [2.05, 4.69) is 13.8 Å². The first-order chi connectivity index (χ1) is 21.1. The Morgan fingerprint density at radius 3 is 2.41 bits per heavy atom. The molecule has 0 bridgehead atoms. The highest BCUT2D eigenvalue weighted by molar-refractivity contribution is 8.26. The number of benzene rings is 1. The number of nitrogens with zero attached hydrogens (tertiary/aromatic N) is 3. The van der Waals surface area contributed by atoms with Crippen molar-refractivity contribution < 1.29 is 19.4 Å². The summed E-state index contributed by atoms with van der Waals surface area (Å²) in [5, 5.41) is 8.73. The van der Waals surface area contributed by atoms with E-state index in [1.807, 2.05) is 38.1 Å². The number of pyridine rings is 1. The number of hydrogen-bond acceptors (Lipinski definition) is 7. The summed E-state index contributed by atoms with van der Waals surface area (Å²) in [6.45, 7) is 8.58. The van der Waals surface area contributed by atoms with E-state index in [0.29, 0.717) is 27.2 Å². The van der Waals surface area contributed by atoms with Crippen LogP contribution in [0.25, 0.3) is 11.7 Å². The van der Waals surface area contributed by atoms with E-state index in [-0.39, 0.29) is 35.2 Å². The molecule has 0 unspecified atom stereocenters. The molecule has 1 N–H and O–H groups in total. The topological polar surface area (TPSA) is 101 Å². The first kappa shape index (κ1) is 33.4. The van der Waals surface area contributed by atoms with E-state index in [0.717, 1.165) is 68.1 Å². The van der Waals surface area contributed by atoms with Crippen molar-refractivity contribution in [3.05, 3.63) is 74.0 Å². The molecule has 3 heterocycles. The summed E-state index contributed by atoms with van der Waals surface area (Å²) in [6, 6.07) is 9.70. The number of hydrogen-bond donors (Lipinski definition) is 1. The Balaban J connectivity index is 1.50. The molecule has 0 spiro atoms. The third kappa shape index (κ3) is 8.35. The number of carbonyl (C=O) groups is 2. The first-order valence-electron chi connectivity index (χ1n) is 15.3. The Bertz CT molecular complexity index is 1630. The van der Waals surface area contributed by atoms with Crippen LogP contribution in [0.4, 0.5) is 0 Å². The van der Waals surface area contributed by atoms with Crippen LogP contribution >= 0.6 is 24.0 Å². The maximum atomic E-state index is 13.8. The fourth-order valence-corrected chi connectivity index (χ4v) is 6.53. The number of carboxylic acid groups (broad SMARTS) is 1. The number of ether oxygens (including phenoxy) is 1. The van der Waals surface area contributed by atoms with E-state index in [4.69, 9.17) is 27.0 Å². The summed E-state index contributed by atoms with van der Waals surface area (Å²) in [4.78, 5) is 44.7. The van der Waals surface area contributed by atoms with Crippen molar-refractivity contribution in [2.75, 3.05) is 6.54 Å². The molecule has 234 valence electrons. The second-order valence-electron chi connectivity index (χ2n) is 11.6. The minimum Gasteiger partial charge on any atom is -0.481 e. The molecule has 1 amide bonds. The van der Waals surface area contributed by atoms with E-state index in [9.17, 15) is 14.4 Å². The Hall–Kier alpha value is -3.50. The van der Waals surface area contributed by atoms with Gasteiger partial charge in [-0.2, -0.15) is 4.98 Å². The highest BCUT2D eigenvalue weighted by Gasteiger charge is 2.32. The van der Waals surface area contributed by atoms with Crippen LogP contribution in [0.2, 0.25) is 0 Å². The fraction of sp³-hybridized carbons (Fsp3) is 0.441. The molecule has 1 aromatic carbocycles. The Kier molecular flexibility index (Phi) is 11.7. The van der Waals surface area contributed by atoms with Crippen LogP contribution in [0.3, 0.4) is 0 Å². The smallest absolute Gasteiger partial charge is 0.303 e. The predicted octanol–water partition coefficient (Wildman–Crippen LogP) is 8.02. The van der Waals surface area contributed by atoms with Crippen molar-refractivity contribution >= 4 is 51.9 Å². The number of aryl methyl sites for hydroxylation is 2. The van der Waals surface area contributed by atoms with Gasteiger partial charge < -0.3 is 9.84 Å². The van der Waals surface area contributed by atoms with Gasteiger partial charge in [-0.15, -0.1) is 0 Å². The van der Waals surface area contributed by atoms with Gasteiger partial charge in [0.05, 0.1) is 4.91 Å². The third-order valence-electron chi connectivity index (χ3n) is 7.72. The number of carbonyl (C=O) groups excluding carboxylic acids is 1. The van der Waals surface area contributed by atoms with Crippen molar-refractivity contribution in [1.29, 1.82) is 0 Å². The normalized spacial score (nSPS) is 14.4. The van der Waals surface area contributed by atoms with Gasteiger partial charge in [0, 0.05) is 19.2 Å². The maximum absolute atomic E-state index is 13.8. The molecule has 1 aliphatic heterocycles. The lowest BCUT2D eigenvalue weighted by molar-refractivity contribution is -0.137. The molecule has 0 atom stereocenters. The molecule has 1 saturated heterocycles. The van der Waals surface area contributed by atoms with Gasteiger partial charge in [-0.1, -0.05) is 94.6 Å². The minimum absolute atomic E-state index is 0.157. The lowest BCUT2D eigenvalue weighted by Gasteiger charge is -2.16. The van der Waals surface area contributed by atoms with Crippen LogP contribution in [-0.4, -0.2) is 42.1 Å². The Morgan fingerprint density at radius 2 is 1.73 bits per heavy atom. The zero-order valence-corrected chi connectivity index (χ0v) is 27.6. The molecule has 8 nitrogen and oxygen atoms in total. The molecule has 0 saturated carbocycles. The molecule has 4 rings (SSSR count). The molecular formula is C34H41N3O5S2. The van der Waals surface area contributed by atoms with Gasteiger partial charge in [-0.05, 0) is 67.5 Å². The number of aliphatic carboxylic acids is 1. The summed E-state index contributed by atoms with van der Waals surface area (Å²) < 4.78 is 8.37. The lowest BCUT2D eigenvalue weighted by Crippen LogP contribution is -2.29. The third-order valence-corrected chi connectivity index (χ3v) is 9.10. The van der Waals surface area contributed by atoms with Crippen LogP contribution < -0.4 is 10.3 Å². The van der Waals surface area contributed by atoms with Crippen molar-refractivity contribution in [3.8, 4) is 11.6 Å². The van der Waals surface area contributed by atoms with E-state index in [1.54, 1.807) is 23.2 Å².